The maximum absolute atomic E-state index is 13.7. The lowest BCUT2D eigenvalue weighted by molar-refractivity contribution is 0.460. The Hall–Kier alpha value is -1.89. The average Bonchev–Trinajstić information content (AvgIpc) is 3.24. The molecule has 1 aromatic heterocycles. The van der Waals surface area contributed by atoms with Gasteiger partial charge in [-0.05, 0) is 64.9 Å². The van der Waals surface area contributed by atoms with Crippen LogP contribution in [0.4, 0.5) is 4.39 Å². The number of halogens is 2. The van der Waals surface area contributed by atoms with Crippen LogP contribution in [0.1, 0.15) is 24.5 Å². The van der Waals surface area contributed by atoms with Crippen molar-refractivity contribution in [3.05, 3.63) is 52.0 Å². The summed E-state index contributed by atoms with van der Waals surface area (Å²) in [4.78, 5) is 7.02. The zero-order chi connectivity index (χ0) is 18.5. The first-order valence-corrected chi connectivity index (χ1v) is 9.79. The molecule has 0 radical (unpaired) electrons. The lowest BCUT2D eigenvalue weighted by Gasteiger charge is -2.21. The molecule has 140 valence electrons. The molecule has 2 aromatic rings. The van der Waals surface area contributed by atoms with Crippen molar-refractivity contribution in [2.45, 2.75) is 26.3 Å². The predicted octanol–water partition coefficient (Wildman–Crippen LogP) is 3.35. The Kier molecular flexibility index (Phi) is 6.29. The van der Waals surface area contributed by atoms with Gasteiger partial charge in [-0.2, -0.15) is 5.10 Å². The number of guanidine groups is 1. The summed E-state index contributed by atoms with van der Waals surface area (Å²) in [6, 6.07) is 5.16. The van der Waals surface area contributed by atoms with E-state index >= 15 is 0 Å². The number of rotatable bonds is 5. The van der Waals surface area contributed by atoms with Crippen LogP contribution in [0.15, 0.2) is 40.1 Å². The quantitative estimate of drug-likeness (QED) is 0.594. The number of likely N-dealkylation sites (tertiary alicyclic amines) is 1. The van der Waals surface area contributed by atoms with Crippen molar-refractivity contribution in [3.8, 4) is 0 Å². The van der Waals surface area contributed by atoms with E-state index in [9.17, 15) is 4.39 Å². The molecule has 1 fully saturated rings. The van der Waals surface area contributed by atoms with Crippen LogP contribution in [-0.4, -0.2) is 40.3 Å². The van der Waals surface area contributed by atoms with Gasteiger partial charge < -0.3 is 10.2 Å². The molecule has 1 unspecified atom stereocenters. The SMILES string of the molecule is CCNC(=NCc1ccc(Br)c(F)c1)N1CCC(Cc2cnn(C)c2)C1. The molecule has 26 heavy (non-hydrogen) atoms. The predicted molar refractivity (Wildman–Crippen MR) is 106 cm³/mol. The van der Waals surface area contributed by atoms with Crippen LogP contribution in [0.3, 0.4) is 0 Å². The maximum Gasteiger partial charge on any atom is 0.194 e. The summed E-state index contributed by atoms with van der Waals surface area (Å²) in [5.41, 5.74) is 2.15. The standard InChI is InChI=1S/C19H25BrFN5/c1-3-22-19(23-10-14-4-5-17(20)18(21)9-14)26-7-6-15(13-26)8-16-11-24-25(2)12-16/h4-5,9,11-12,15H,3,6-8,10,13H2,1-2H3,(H,22,23). The average molecular weight is 422 g/mol. The third-order valence-electron chi connectivity index (χ3n) is 4.60. The van der Waals surface area contributed by atoms with Gasteiger partial charge in [0.2, 0.25) is 0 Å². The summed E-state index contributed by atoms with van der Waals surface area (Å²) < 4.78 is 16.0. The van der Waals surface area contributed by atoms with E-state index < -0.39 is 0 Å². The smallest absolute Gasteiger partial charge is 0.194 e. The highest BCUT2D eigenvalue weighted by Gasteiger charge is 2.25. The van der Waals surface area contributed by atoms with E-state index in [0.29, 0.717) is 16.9 Å². The molecule has 0 aliphatic carbocycles. The Morgan fingerprint density at radius 3 is 2.96 bits per heavy atom. The Morgan fingerprint density at radius 2 is 2.27 bits per heavy atom. The number of aryl methyl sites for hydroxylation is 1. The molecule has 1 atom stereocenters. The van der Waals surface area contributed by atoms with Crippen molar-refractivity contribution < 1.29 is 4.39 Å². The summed E-state index contributed by atoms with van der Waals surface area (Å²) in [7, 11) is 1.95. The number of aliphatic imine (C=N–C) groups is 1. The van der Waals surface area contributed by atoms with E-state index in [2.05, 4.69) is 44.4 Å². The van der Waals surface area contributed by atoms with Gasteiger partial charge in [0, 0.05) is 32.9 Å². The third kappa shape index (κ3) is 4.84. The molecule has 0 spiro atoms. The van der Waals surface area contributed by atoms with Crippen LogP contribution in [0.5, 0.6) is 0 Å². The first kappa shape index (κ1) is 18.9. The van der Waals surface area contributed by atoms with Crippen molar-refractivity contribution in [1.29, 1.82) is 0 Å². The van der Waals surface area contributed by atoms with Gasteiger partial charge in [-0.15, -0.1) is 0 Å². The Balaban J connectivity index is 1.62. The molecule has 0 amide bonds. The molecular weight excluding hydrogens is 397 g/mol. The highest BCUT2D eigenvalue weighted by molar-refractivity contribution is 9.10. The van der Waals surface area contributed by atoms with Crippen LogP contribution < -0.4 is 5.32 Å². The minimum absolute atomic E-state index is 0.250. The molecule has 3 rings (SSSR count). The van der Waals surface area contributed by atoms with Crippen LogP contribution in [0.2, 0.25) is 0 Å². The molecule has 2 heterocycles. The number of aromatic nitrogens is 2. The van der Waals surface area contributed by atoms with Gasteiger partial charge in [-0.1, -0.05) is 6.07 Å². The number of hydrogen-bond acceptors (Lipinski definition) is 2. The molecule has 0 bridgehead atoms. The second-order valence-electron chi connectivity index (χ2n) is 6.75. The molecule has 1 aliphatic heterocycles. The van der Waals surface area contributed by atoms with Crippen molar-refractivity contribution in [2.24, 2.45) is 18.0 Å². The highest BCUT2D eigenvalue weighted by atomic mass is 79.9. The van der Waals surface area contributed by atoms with Crippen molar-refractivity contribution in [3.63, 3.8) is 0 Å². The van der Waals surface area contributed by atoms with Crippen molar-refractivity contribution in [1.82, 2.24) is 20.0 Å². The first-order valence-electron chi connectivity index (χ1n) is 9.00. The van der Waals surface area contributed by atoms with E-state index in [1.807, 2.05) is 24.0 Å². The molecule has 1 saturated heterocycles. The van der Waals surface area contributed by atoms with E-state index in [4.69, 9.17) is 4.99 Å². The lowest BCUT2D eigenvalue weighted by Crippen LogP contribution is -2.40. The summed E-state index contributed by atoms with van der Waals surface area (Å²) in [5, 5.41) is 7.62. The minimum atomic E-state index is -0.250. The monoisotopic (exact) mass is 421 g/mol. The fourth-order valence-electron chi connectivity index (χ4n) is 3.33. The fraction of sp³-hybridized carbons (Fsp3) is 0.474. The van der Waals surface area contributed by atoms with Gasteiger partial charge >= 0.3 is 0 Å². The Labute approximate surface area is 162 Å². The Bertz CT molecular complexity index is 773. The number of nitrogens with one attached hydrogen (secondary N) is 1. The second kappa shape index (κ2) is 8.66. The molecule has 5 nitrogen and oxygen atoms in total. The maximum atomic E-state index is 13.7. The fourth-order valence-corrected chi connectivity index (χ4v) is 3.58. The van der Waals surface area contributed by atoms with Crippen LogP contribution >= 0.6 is 15.9 Å². The molecule has 1 N–H and O–H groups in total. The molecule has 1 aliphatic rings. The molecular formula is C19H25BrFN5. The number of nitrogens with zero attached hydrogens (tertiary/aromatic N) is 4. The van der Waals surface area contributed by atoms with E-state index in [1.54, 1.807) is 6.07 Å². The van der Waals surface area contributed by atoms with Gasteiger partial charge in [-0.25, -0.2) is 9.38 Å². The summed E-state index contributed by atoms with van der Waals surface area (Å²) >= 11 is 3.19. The topological polar surface area (TPSA) is 45.5 Å². The molecule has 1 aromatic carbocycles. The second-order valence-corrected chi connectivity index (χ2v) is 7.60. The van der Waals surface area contributed by atoms with Gasteiger partial charge in [0.1, 0.15) is 5.82 Å². The molecule has 0 saturated carbocycles. The van der Waals surface area contributed by atoms with Crippen LogP contribution in [-0.2, 0) is 20.0 Å². The highest BCUT2D eigenvalue weighted by Crippen LogP contribution is 2.21. The van der Waals surface area contributed by atoms with Gasteiger partial charge in [0.25, 0.3) is 0 Å². The van der Waals surface area contributed by atoms with Crippen molar-refractivity contribution in [2.75, 3.05) is 19.6 Å². The van der Waals surface area contributed by atoms with Gasteiger partial charge in [0.05, 0.1) is 17.2 Å². The summed E-state index contributed by atoms with van der Waals surface area (Å²) in [5.74, 6) is 1.26. The van der Waals surface area contributed by atoms with E-state index in [1.165, 1.54) is 11.6 Å². The summed E-state index contributed by atoms with van der Waals surface area (Å²) in [6.07, 6.45) is 6.22. The lowest BCUT2D eigenvalue weighted by atomic mass is 10.0. The zero-order valence-corrected chi connectivity index (χ0v) is 16.8. The van der Waals surface area contributed by atoms with Crippen LogP contribution in [0.25, 0.3) is 0 Å². The minimum Gasteiger partial charge on any atom is -0.357 e. The number of benzene rings is 1. The molecule has 7 heteroatoms. The zero-order valence-electron chi connectivity index (χ0n) is 15.3. The normalized spacial score (nSPS) is 17.8. The summed E-state index contributed by atoms with van der Waals surface area (Å²) in [6.45, 7) is 5.33. The van der Waals surface area contributed by atoms with Crippen molar-refractivity contribution >= 4 is 21.9 Å². The Morgan fingerprint density at radius 1 is 1.42 bits per heavy atom. The van der Waals surface area contributed by atoms with E-state index in [0.717, 1.165) is 44.0 Å². The van der Waals surface area contributed by atoms with E-state index in [-0.39, 0.29) is 5.82 Å². The third-order valence-corrected chi connectivity index (χ3v) is 5.24. The largest absolute Gasteiger partial charge is 0.357 e. The van der Waals surface area contributed by atoms with Crippen LogP contribution in [0, 0.1) is 11.7 Å². The van der Waals surface area contributed by atoms with Gasteiger partial charge in [0.15, 0.2) is 5.96 Å². The number of hydrogen-bond donors (Lipinski definition) is 1. The van der Waals surface area contributed by atoms with Gasteiger partial charge in [-0.3, -0.25) is 4.68 Å². The first-order chi connectivity index (χ1) is 12.5.